The molecule has 4 rings (SSSR count). The van der Waals surface area contributed by atoms with E-state index >= 15 is 0 Å². The van der Waals surface area contributed by atoms with Crippen LogP contribution in [0.15, 0.2) is 36.7 Å². The number of carbonyl (C=O) groups excluding carboxylic acids is 1. The molecule has 0 bridgehead atoms. The molecular weight excluding hydrogens is 352 g/mol. The molecule has 2 aliphatic rings. The number of benzene rings is 1. The molecule has 148 valence electrons. The highest BCUT2D eigenvalue weighted by atomic mass is 16.1. The Morgan fingerprint density at radius 3 is 2.46 bits per heavy atom. The molecule has 2 fully saturated rings. The van der Waals surface area contributed by atoms with Crippen molar-refractivity contribution in [2.45, 2.75) is 31.7 Å². The molecule has 28 heavy (non-hydrogen) atoms. The summed E-state index contributed by atoms with van der Waals surface area (Å²) >= 11 is 0. The SMILES string of the molecule is CN1CCN(c2ccc(Nc3cc(C(=O)NC4CCCC4)ncn3)cc2)CC1. The lowest BCUT2D eigenvalue weighted by molar-refractivity contribution is 0.0932. The van der Waals surface area contributed by atoms with Crippen molar-refractivity contribution in [3.8, 4) is 0 Å². The zero-order valence-corrected chi connectivity index (χ0v) is 16.4. The third-order valence-electron chi connectivity index (χ3n) is 5.60. The van der Waals surface area contributed by atoms with Gasteiger partial charge in [0, 0.05) is 49.7 Å². The van der Waals surface area contributed by atoms with Gasteiger partial charge in [0.05, 0.1) is 0 Å². The van der Waals surface area contributed by atoms with Crippen molar-refractivity contribution in [1.82, 2.24) is 20.2 Å². The number of piperazine rings is 1. The lowest BCUT2D eigenvalue weighted by Crippen LogP contribution is -2.44. The second kappa shape index (κ2) is 8.56. The zero-order chi connectivity index (χ0) is 19.3. The molecule has 1 aliphatic heterocycles. The molecule has 1 saturated heterocycles. The Balaban J connectivity index is 1.38. The first-order chi connectivity index (χ1) is 13.7. The average molecular weight is 380 g/mol. The molecule has 2 heterocycles. The van der Waals surface area contributed by atoms with Crippen molar-refractivity contribution in [3.05, 3.63) is 42.4 Å². The molecular formula is C21H28N6O. The van der Waals surface area contributed by atoms with E-state index < -0.39 is 0 Å². The average Bonchev–Trinajstić information content (AvgIpc) is 3.22. The highest BCUT2D eigenvalue weighted by molar-refractivity contribution is 5.93. The molecule has 1 saturated carbocycles. The van der Waals surface area contributed by atoms with E-state index in [0.29, 0.717) is 11.5 Å². The molecule has 0 atom stereocenters. The minimum absolute atomic E-state index is 0.122. The number of carbonyl (C=O) groups is 1. The minimum atomic E-state index is -0.122. The number of aromatic nitrogens is 2. The summed E-state index contributed by atoms with van der Waals surface area (Å²) in [5.74, 6) is 0.502. The summed E-state index contributed by atoms with van der Waals surface area (Å²) in [6.07, 6.45) is 5.92. The van der Waals surface area contributed by atoms with Gasteiger partial charge in [-0.3, -0.25) is 4.79 Å². The number of nitrogens with zero attached hydrogens (tertiary/aromatic N) is 4. The van der Waals surface area contributed by atoms with Crippen LogP contribution >= 0.6 is 0 Å². The van der Waals surface area contributed by atoms with Crippen molar-refractivity contribution in [3.63, 3.8) is 0 Å². The summed E-state index contributed by atoms with van der Waals surface area (Å²) in [7, 11) is 2.16. The summed E-state index contributed by atoms with van der Waals surface area (Å²) in [6, 6.07) is 10.3. The van der Waals surface area contributed by atoms with Crippen LogP contribution in [0.1, 0.15) is 36.2 Å². The molecule has 7 heteroatoms. The van der Waals surface area contributed by atoms with Gasteiger partial charge in [-0.1, -0.05) is 12.8 Å². The van der Waals surface area contributed by atoms with Crippen LogP contribution in [0.25, 0.3) is 0 Å². The van der Waals surface area contributed by atoms with Crippen LogP contribution in [0.4, 0.5) is 17.2 Å². The van der Waals surface area contributed by atoms with Crippen LogP contribution < -0.4 is 15.5 Å². The van der Waals surface area contributed by atoms with E-state index in [1.807, 2.05) is 12.1 Å². The van der Waals surface area contributed by atoms with Gasteiger partial charge in [-0.05, 0) is 44.2 Å². The van der Waals surface area contributed by atoms with Crippen LogP contribution in [0.5, 0.6) is 0 Å². The van der Waals surface area contributed by atoms with Crippen LogP contribution in [-0.2, 0) is 0 Å². The van der Waals surface area contributed by atoms with Gasteiger partial charge in [-0.2, -0.15) is 0 Å². The molecule has 1 aliphatic carbocycles. The van der Waals surface area contributed by atoms with E-state index in [2.05, 4.69) is 49.6 Å². The topological polar surface area (TPSA) is 73.4 Å². The van der Waals surface area contributed by atoms with Crippen molar-refractivity contribution in [2.75, 3.05) is 43.4 Å². The number of rotatable bonds is 5. The van der Waals surface area contributed by atoms with Gasteiger partial charge in [0.1, 0.15) is 17.8 Å². The molecule has 1 aromatic heterocycles. The first kappa shape index (κ1) is 18.7. The fourth-order valence-corrected chi connectivity index (χ4v) is 3.85. The summed E-state index contributed by atoms with van der Waals surface area (Å²) < 4.78 is 0. The molecule has 7 nitrogen and oxygen atoms in total. The molecule has 2 aromatic rings. The fraction of sp³-hybridized carbons (Fsp3) is 0.476. The van der Waals surface area contributed by atoms with Crippen molar-refractivity contribution in [1.29, 1.82) is 0 Å². The number of nitrogens with one attached hydrogen (secondary N) is 2. The Kier molecular flexibility index (Phi) is 5.71. The fourth-order valence-electron chi connectivity index (χ4n) is 3.85. The van der Waals surface area contributed by atoms with Gasteiger partial charge in [-0.25, -0.2) is 9.97 Å². The summed E-state index contributed by atoms with van der Waals surface area (Å²) in [5, 5.41) is 6.34. The first-order valence-electron chi connectivity index (χ1n) is 10.1. The number of likely N-dealkylation sites (N-methyl/N-ethyl adjacent to an activating group) is 1. The van der Waals surface area contributed by atoms with Crippen LogP contribution in [-0.4, -0.2) is 60.0 Å². The molecule has 0 spiro atoms. The summed E-state index contributed by atoms with van der Waals surface area (Å²) in [5.41, 5.74) is 2.58. The van der Waals surface area contributed by atoms with Crippen molar-refractivity contribution >= 4 is 23.1 Å². The van der Waals surface area contributed by atoms with Gasteiger partial charge in [0.25, 0.3) is 5.91 Å². The maximum atomic E-state index is 12.4. The van der Waals surface area contributed by atoms with E-state index in [1.165, 1.54) is 24.9 Å². The minimum Gasteiger partial charge on any atom is -0.369 e. The third-order valence-corrected chi connectivity index (χ3v) is 5.60. The van der Waals surface area contributed by atoms with Gasteiger partial charge in [0.15, 0.2) is 0 Å². The van der Waals surface area contributed by atoms with Crippen molar-refractivity contribution in [2.24, 2.45) is 0 Å². The maximum absolute atomic E-state index is 12.4. The highest BCUT2D eigenvalue weighted by Gasteiger charge is 2.19. The summed E-state index contributed by atoms with van der Waals surface area (Å²) in [4.78, 5) is 25.5. The monoisotopic (exact) mass is 380 g/mol. The summed E-state index contributed by atoms with van der Waals surface area (Å²) in [6.45, 7) is 4.28. The van der Waals surface area contributed by atoms with Gasteiger partial charge >= 0.3 is 0 Å². The molecule has 0 radical (unpaired) electrons. The Hall–Kier alpha value is -2.67. The normalized spacial score (nSPS) is 18.2. The third kappa shape index (κ3) is 4.59. The number of hydrogen-bond donors (Lipinski definition) is 2. The van der Waals surface area contributed by atoms with Crippen LogP contribution in [0.2, 0.25) is 0 Å². The largest absolute Gasteiger partial charge is 0.369 e. The van der Waals surface area contributed by atoms with Crippen LogP contribution in [0, 0.1) is 0 Å². The molecule has 2 N–H and O–H groups in total. The van der Waals surface area contributed by atoms with E-state index in [1.54, 1.807) is 6.07 Å². The molecule has 1 aromatic carbocycles. The lowest BCUT2D eigenvalue weighted by Gasteiger charge is -2.34. The predicted molar refractivity (Wildman–Crippen MR) is 111 cm³/mol. The Bertz CT molecular complexity index is 795. The standard InChI is InChI=1S/C21H28N6O/c1-26-10-12-27(13-11-26)18-8-6-17(7-9-18)24-20-14-19(22-15-23-20)21(28)25-16-4-2-3-5-16/h6-9,14-16H,2-5,10-13H2,1H3,(H,25,28)(H,22,23,24). The van der Waals surface area contributed by atoms with Gasteiger partial charge in [0.2, 0.25) is 0 Å². The Morgan fingerprint density at radius 2 is 1.75 bits per heavy atom. The Labute approximate surface area is 166 Å². The van der Waals surface area contributed by atoms with Crippen LogP contribution in [0.3, 0.4) is 0 Å². The molecule has 1 amide bonds. The maximum Gasteiger partial charge on any atom is 0.270 e. The van der Waals surface area contributed by atoms with Gasteiger partial charge < -0.3 is 20.4 Å². The smallest absolute Gasteiger partial charge is 0.270 e. The van der Waals surface area contributed by atoms with E-state index in [0.717, 1.165) is 44.7 Å². The molecule has 0 unspecified atom stereocenters. The second-order valence-electron chi connectivity index (χ2n) is 7.71. The Morgan fingerprint density at radius 1 is 1.04 bits per heavy atom. The second-order valence-corrected chi connectivity index (χ2v) is 7.71. The zero-order valence-electron chi connectivity index (χ0n) is 16.4. The van der Waals surface area contributed by atoms with E-state index in [9.17, 15) is 4.79 Å². The first-order valence-corrected chi connectivity index (χ1v) is 10.1. The predicted octanol–water partition coefficient (Wildman–Crippen LogP) is 2.64. The highest BCUT2D eigenvalue weighted by Crippen LogP contribution is 2.22. The number of amides is 1. The lowest BCUT2D eigenvalue weighted by atomic mass is 10.2. The quantitative estimate of drug-likeness (QED) is 0.831. The van der Waals surface area contributed by atoms with Crippen molar-refractivity contribution < 1.29 is 4.79 Å². The van der Waals surface area contributed by atoms with E-state index in [-0.39, 0.29) is 11.9 Å². The number of anilines is 3. The number of hydrogen-bond acceptors (Lipinski definition) is 6. The van der Waals surface area contributed by atoms with E-state index in [4.69, 9.17) is 0 Å². The van der Waals surface area contributed by atoms with Gasteiger partial charge in [-0.15, -0.1) is 0 Å².